The van der Waals surface area contributed by atoms with Crippen molar-refractivity contribution in [3.8, 4) is 27.9 Å². The number of hydrogen-bond acceptors (Lipinski definition) is 0. The van der Waals surface area contributed by atoms with Crippen LogP contribution in [-0.4, -0.2) is 4.57 Å². The van der Waals surface area contributed by atoms with Crippen molar-refractivity contribution in [2.75, 3.05) is 0 Å². The van der Waals surface area contributed by atoms with Crippen LogP contribution in [0.5, 0.6) is 0 Å². The molecular formula is C37H27N. The van der Waals surface area contributed by atoms with Crippen molar-refractivity contribution >= 4 is 32.6 Å². The number of aromatic nitrogens is 1. The van der Waals surface area contributed by atoms with Crippen LogP contribution in [0.1, 0.15) is 25.0 Å². The summed E-state index contributed by atoms with van der Waals surface area (Å²) in [5, 5.41) is 5.32. The second-order valence-electron chi connectivity index (χ2n) is 11.0. The third-order valence-electron chi connectivity index (χ3n) is 8.55. The van der Waals surface area contributed by atoms with Gasteiger partial charge in [0.25, 0.3) is 0 Å². The molecule has 0 atom stereocenters. The average Bonchev–Trinajstić information content (AvgIpc) is 3.43. The van der Waals surface area contributed by atoms with E-state index in [1.807, 2.05) is 0 Å². The van der Waals surface area contributed by atoms with Crippen LogP contribution in [0.25, 0.3) is 60.5 Å². The maximum atomic E-state index is 2.51. The Morgan fingerprint density at radius 3 is 1.92 bits per heavy atom. The average molecular weight is 486 g/mol. The highest BCUT2D eigenvalue weighted by atomic mass is 15.0. The fourth-order valence-corrected chi connectivity index (χ4v) is 6.89. The van der Waals surface area contributed by atoms with E-state index in [-0.39, 0.29) is 5.41 Å². The highest BCUT2D eigenvalue weighted by Crippen LogP contribution is 2.56. The molecule has 0 saturated heterocycles. The van der Waals surface area contributed by atoms with E-state index < -0.39 is 0 Å². The summed E-state index contributed by atoms with van der Waals surface area (Å²) in [4.78, 5) is 0. The van der Waals surface area contributed by atoms with Gasteiger partial charge < -0.3 is 4.57 Å². The van der Waals surface area contributed by atoms with Crippen LogP contribution in [0, 0.1) is 0 Å². The second-order valence-corrected chi connectivity index (χ2v) is 11.0. The van der Waals surface area contributed by atoms with Crippen molar-refractivity contribution in [2.24, 2.45) is 0 Å². The van der Waals surface area contributed by atoms with E-state index in [0.29, 0.717) is 0 Å². The summed E-state index contributed by atoms with van der Waals surface area (Å²) in [6, 6.07) is 46.6. The molecule has 1 nitrogen and oxygen atoms in total. The van der Waals surface area contributed by atoms with Crippen LogP contribution >= 0.6 is 0 Å². The maximum Gasteiger partial charge on any atom is 0.0594 e. The Balaban J connectivity index is 1.55. The molecule has 1 aliphatic rings. The third-order valence-corrected chi connectivity index (χ3v) is 8.55. The SMILES string of the molecule is CC1(C)c2ccccc2-c2c1c1c(c3ccccc23)c2ccccc2n1-c1ccc(-c2ccccc2)cc1. The van der Waals surface area contributed by atoms with Crippen molar-refractivity contribution in [2.45, 2.75) is 19.3 Å². The molecule has 0 bridgehead atoms. The third kappa shape index (κ3) is 2.76. The predicted molar refractivity (Wildman–Crippen MR) is 161 cm³/mol. The Labute approximate surface area is 222 Å². The summed E-state index contributed by atoms with van der Waals surface area (Å²) in [5.74, 6) is 0. The van der Waals surface area contributed by atoms with Crippen LogP contribution in [0.4, 0.5) is 0 Å². The molecule has 8 rings (SSSR count). The van der Waals surface area contributed by atoms with Crippen molar-refractivity contribution in [1.82, 2.24) is 4.57 Å². The normalized spacial score (nSPS) is 13.7. The first-order valence-corrected chi connectivity index (χ1v) is 13.4. The van der Waals surface area contributed by atoms with E-state index >= 15 is 0 Å². The van der Waals surface area contributed by atoms with E-state index in [1.54, 1.807) is 0 Å². The number of hydrogen-bond donors (Lipinski definition) is 0. The molecule has 38 heavy (non-hydrogen) atoms. The molecule has 1 heteroatoms. The number of nitrogens with zero attached hydrogens (tertiary/aromatic N) is 1. The summed E-state index contributed by atoms with van der Waals surface area (Å²) in [5.41, 5.74) is 11.7. The van der Waals surface area contributed by atoms with Crippen LogP contribution < -0.4 is 0 Å². The zero-order valence-corrected chi connectivity index (χ0v) is 21.6. The first-order chi connectivity index (χ1) is 18.6. The van der Waals surface area contributed by atoms with Gasteiger partial charge in [-0.2, -0.15) is 0 Å². The van der Waals surface area contributed by atoms with Crippen LogP contribution in [0.15, 0.2) is 127 Å². The standard InChI is InChI=1S/C37H27N/c1-37(2)31-18-10-8-16-29(31)33-27-14-6-7-15-28(27)34-30-17-9-11-19-32(30)38(36(34)35(33)37)26-22-20-25(21-23-26)24-12-4-3-5-13-24/h3-23H,1-2H3. The van der Waals surface area contributed by atoms with Crippen molar-refractivity contribution in [3.63, 3.8) is 0 Å². The summed E-state index contributed by atoms with van der Waals surface area (Å²) in [6.07, 6.45) is 0. The molecule has 6 aromatic carbocycles. The van der Waals surface area contributed by atoms with Gasteiger partial charge in [-0.05, 0) is 62.4 Å². The zero-order chi connectivity index (χ0) is 25.4. The lowest BCUT2D eigenvalue weighted by Crippen LogP contribution is -2.16. The molecule has 0 N–H and O–H groups in total. The van der Waals surface area contributed by atoms with Gasteiger partial charge in [-0.15, -0.1) is 0 Å². The van der Waals surface area contributed by atoms with Gasteiger partial charge in [0.2, 0.25) is 0 Å². The minimum absolute atomic E-state index is 0.121. The van der Waals surface area contributed by atoms with Crippen molar-refractivity contribution in [1.29, 1.82) is 0 Å². The van der Waals surface area contributed by atoms with E-state index in [1.165, 1.54) is 71.6 Å². The lowest BCUT2D eigenvalue weighted by Gasteiger charge is -2.24. The van der Waals surface area contributed by atoms with Crippen LogP contribution in [0.3, 0.4) is 0 Å². The van der Waals surface area contributed by atoms with E-state index in [4.69, 9.17) is 0 Å². The fraction of sp³-hybridized carbons (Fsp3) is 0.0811. The summed E-state index contributed by atoms with van der Waals surface area (Å²) < 4.78 is 2.51. The van der Waals surface area contributed by atoms with Gasteiger partial charge in [-0.1, -0.05) is 123 Å². The van der Waals surface area contributed by atoms with Crippen LogP contribution in [0.2, 0.25) is 0 Å². The largest absolute Gasteiger partial charge is 0.309 e. The summed E-state index contributed by atoms with van der Waals surface area (Å²) >= 11 is 0. The van der Waals surface area contributed by atoms with Crippen molar-refractivity contribution in [3.05, 3.63) is 139 Å². The first-order valence-electron chi connectivity index (χ1n) is 13.4. The molecule has 1 heterocycles. The summed E-state index contributed by atoms with van der Waals surface area (Å²) in [7, 11) is 0. The van der Waals surface area contributed by atoms with Gasteiger partial charge in [-0.25, -0.2) is 0 Å². The smallest absolute Gasteiger partial charge is 0.0594 e. The van der Waals surface area contributed by atoms with Gasteiger partial charge in [0.1, 0.15) is 0 Å². The van der Waals surface area contributed by atoms with Crippen molar-refractivity contribution < 1.29 is 0 Å². The Kier molecular flexibility index (Phi) is 4.35. The predicted octanol–water partition coefficient (Wildman–Crippen LogP) is 9.91. The number of para-hydroxylation sites is 1. The molecular weight excluding hydrogens is 458 g/mol. The molecule has 0 saturated carbocycles. The Bertz CT molecular complexity index is 2020. The first kappa shape index (κ1) is 21.5. The van der Waals surface area contributed by atoms with Crippen LogP contribution in [-0.2, 0) is 5.41 Å². The molecule has 180 valence electrons. The number of benzene rings is 6. The van der Waals surface area contributed by atoms with Gasteiger partial charge in [0, 0.05) is 21.9 Å². The Morgan fingerprint density at radius 1 is 0.526 bits per heavy atom. The molecule has 0 fully saturated rings. The second kappa shape index (κ2) is 7.69. The van der Waals surface area contributed by atoms with Gasteiger partial charge in [0.05, 0.1) is 11.0 Å². The maximum absolute atomic E-state index is 2.51. The minimum atomic E-state index is -0.121. The minimum Gasteiger partial charge on any atom is -0.309 e. The molecule has 1 aliphatic carbocycles. The quantitative estimate of drug-likeness (QED) is 0.230. The molecule has 7 aromatic rings. The highest BCUT2D eigenvalue weighted by Gasteiger charge is 2.40. The lowest BCUT2D eigenvalue weighted by atomic mass is 9.80. The monoisotopic (exact) mass is 485 g/mol. The topological polar surface area (TPSA) is 4.93 Å². The zero-order valence-electron chi connectivity index (χ0n) is 21.6. The number of fused-ring (bicyclic) bond motifs is 10. The highest BCUT2D eigenvalue weighted by molar-refractivity contribution is 6.26. The lowest BCUT2D eigenvalue weighted by molar-refractivity contribution is 0.664. The molecule has 0 amide bonds. The summed E-state index contributed by atoms with van der Waals surface area (Å²) in [6.45, 7) is 4.79. The van der Waals surface area contributed by atoms with E-state index in [2.05, 4.69) is 146 Å². The Morgan fingerprint density at radius 2 is 1.13 bits per heavy atom. The number of rotatable bonds is 2. The van der Waals surface area contributed by atoms with Gasteiger partial charge >= 0.3 is 0 Å². The molecule has 0 spiro atoms. The van der Waals surface area contributed by atoms with Gasteiger partial charge in [0.15, 0.2) is 0 Å². The molecule has 1 aromatic heterocycles. The Hall–Kier alpha value is -4.62. The van der Waals surface area contributed by atoms with E-state index in [0.717, 1.165) is 0 Å². The molecule has 0 aliphatic heterocycles. The molecule has 0 radical (unpaired) electrons. The molecule has 0 unspecified atom stereocenters. The van der Waals surface area contributed by atoms with Gasteiger partial charge in [-0.3, -0.25) is 0 Å². The fourth-order valence-electron chi connectivity index (χ4n) is 6.89. The van der Waals surface area contributed by atoms with E-state index in [9.17, 15) is 0 Å².